The fraction of sp³-hybridized carbons (Fsp3) is 0.333. The molecule has 0 aliphatic heterocycles. The summed E-state index contributed by atoms with van der Waals surface area (Å²) in [5, 5.41) is 0. The van der Waals surface area contributed by atoms with Crippen molar-refractivity contribution in [2.24, 2.45) is 5.73 Å². The number of pyridine rings is 1. The van der Waals surface area contributed by atoms with Crippen LogP contribution in [-0.4, -0.2) is 9.97 Å². The van der Waals surface area contributed by atoms with E-state index in [9.17, 15) is 0 Å². The molecule has 0 bridgehead atoms. The zero-order valence-corrected chi connectivity index (χ0v) is 7.45. The first-order chi connectivity index (χ1) is 6.35. The lowest BCUT2D eigenvalue weighted by atomic mass is 10.2. The van der Waals surface area contributed by atoms with Crippen LogP contribution in [-0.2, 0) is 13.0 Å². The van der Waals surface area contributed by atoms with Crippen molar-refractivity contribution < 1.29 is 4.42 Å². The maximum Gasteiger partial charge on any atom is 0.247 e. The van der Waals surface area contributed by atoms with Gasteiger partial charge in [-0.05, 0) is 11.6 Å². The summed E-state index contributed by atoms with van der Waals surface area (Å²) in [7, 11) is 0. The van der Waals surface area contributed by atoms with Crippen LogP contribution in [0.25, 0.3) is 11.2 Å². The number of rotatable bonds is 2. The Balaban J connectivity index is 2.67. The zero-order valence-electron chi connectivity index (χ0n) is 7.45. The number of aromatic nitrogens is 2. The van der Waals surface area contributed by atoms with E-state index < -0.39 is 0 Å². The molecule has 13 heavy (non-hydrogen) atoms. The summed E-state index contributed by atoms with van der Waals surface area (Å²) in [6.07, 6.45) is 2.47. The number of oxazole rings is 1. The minimum atomic E-state index is 0.467. The van der Waals surface area contributed by atoms with Gasteiger partial charge in [0, 0.05) is 19.2 Å². The minimum Gasteiger partial charge on any atom is -0.422 e. The summed E-state index contributed by atoms with van der Waals surface area (Å²) in [4.78, 5) is 8.37. The highest BCUT2D eigenvalue weighted by Gasteiger charge is 2.07. The Labute approximate surface area is 75.8 Å². The standard InChI is InChI=1S/C9H11N3O/c1-2-7-12-8-6(5-10)3-4-11-9(8)13-7/h3-4H,2,5,10H2,1H3. The van der Waals surface area contributed by atoms with Crippen LogP contribution in [0.1, 0.15) is 18.4 Å². The normalized spacial score (nSPS) is 10.9. The smallest absolute Gasteiger partial charge is 0.247 e. The largest absolute Gasteiger partial charge is 0.422 e. The van der Waals surface area contributed by atoms with Crippen molar-refractivity contribution in [3.8, 4) is 0 Å². The third-order valence-electron chi connectivity index (χ3n) is 1.95. The van der Waals surface area contributed by atoms with E-state index in [1.54, 1.807) is 6.20 Å². The SMILES string of the molecule is CCc1nc2c(CN)ccnc2o1. The van der Waals surface area contributed by atoms with E-state index in [1.165, 1.54) is 0 Å². The molecule has 0 aliphatic carbocycles. The van der Waals surface area contributed by atoms with Crippen molar-refractivity contribution in [2.75, 3.05) is 0 Å². The van der Waals surface area contributed by atoms with Crippen molar-refractivity contribution in [3.05, 3.63) is 23.7 Å². The van der Waals surface area contributed by atoms with Crippen molar-refractivity contribution >= 4 is 11.2 Å². The number of nitrogens with zero attached hydrogens (tertiary/aromatic N) is 2. The van der Waals surface area contributed by atoms with Crippen LogP contribution < -0.4 is 5.73 Å². The topological polar surface area (TPSA) is 64.9 Å². The molecule has 0 amide bonds. The second kappa shape index (κ2) is 3.14. The van der Waals surface area contributed by atoms with Crippen molar-refractivity contribution in [1.82, 2.24) is 9.97 Å². The van der Waals surface area contributed by atoms with Crippen molar-refractivity contribution in [1.29, 1.82) is 0 Å². The Morgan fingerprint density at radius 1 is 1.54 bits per heavy atom. The molecule has 2 heterocycles. The lowest BCUT2D eigenvalue weighted by Gasteiger charge is -1.93. The number of nitrogens with two attached hydrogens (primary N) is 1. The molecule has 2 N–H and O–H groups in total. The van der Waals surface area contributed by atoms with Crippen LogP contribution in [0.15, 0.2) is 16.7 Å². The van der Waals surface area contributed by atoms with Gasteiger partial charge in [0.1, 0.15) is 5.52 Å². The van der Waals surface area contributed by atoms with Crippen molar-refractivity contribution in [3.63, 3.8) is 0 Å². The van der Waals surface area contributed by atoms with E-state index in [0.29, 0.717) is 18.1 Å². The van der Waals surface area contributed by atoms with Crippen LogP contribution in [0.3, 0.4) is 0 Å². The Morgan fingerprint density at radius 2 is 2.38 bits per heavy atom. The van der Waals surface area contributed by atoms with Crippen molar-refractivity contribution in [2.45, 2.75) is 19.9 Å². The van der Waals surface area contributed by atoms with Gasteiger partial charge in [-0.1, -0.05) is 6.92 Å². The molecule has 2 rings (SSSR count). The molecule has 0 spiro atoms. The van der Waals surface area contributed by atoms with Crippen LogP contribution in [0.2, 0.25) is 0 Å². The highest BCUT2D eigenvalue weighted by molar-refractivity contribution is 5.72. The number of hydrogen-bond acceptors (Lipinski definition) is 4. The molecule has 0 unspecified atom stereocenters. The van der Waals surface area contributed by atoms with E-state index in [0.717, 1.165) is 17.5 Å². The van der Waals surface area contributed by atoms with Gasteiger partial charge in [-0.15, -0.1) is 0 Å². The predicted octanol–water partition coefficient (Wildman–Crippen LogP) is 1.24. The summed E-state index contributed by atoms with van der Waals surface area (Å²) in [6.45, 7) is 2.46. The second-order valence-corrected chi connectivity index (χ2v) is 2.79. The first kappa shape index (κ1) is 8.19. The molecule has 0 radical (unpaired) electrons. The van der Waals surface area contributed by atoms with Gasteiger partial charge in [-0.2, -0.15) is 0 Å². The van der Waals surface area contributed by atoms with Gasteiger partial charge in [0.25, 0.3) is 0 Å². The molecular weight excluding hydrogens is 166 g/mol. The molecule has 2 aromatic rings. The first-order valence-electron chi connectivity index (χ1n) is 4.28. The summed E-state index contributed by atoms with van der Waals surface area (Å²) < 4.78 is 5.38. The average molecular weight is 177 g/mol. The molecule has 0 saturated heterocycles. The lowest BCUT2D eigenvalue weighted by Crippen LogP contribution is -1.97. The van der Waals surface area contributed by atoms with E-state index >= 15 is 0 Å². The summed E-state index contributed by atoms with van der Waals surface area (Å²) in [5.74, 6) is 0.711. The van der Waals surface area contributed by atoms with Gasteiger partial charge in [0.05, 0.1) is 0 Å². The first-order valence-corrected chi connectivity index (χ1v) is 4.28. The molecule has 2 aromatic heterocycles. The van der Waals surface area contributed by atoms with Gasteiger partial charge in [-0.25, -0.2) is 9.97 Å². The molecule has 0 aliphatic rings. The van der Waals surface area contributed by atoms with Crippen LogP contribution in [0.4, 0.5) is 0 Å². The predicted molar refractivity (Wildman–Crippen MR) is 49.1 cm³/mol. The summed E-state index contributed by atoms with van der Waals surface area (Å²) in [6, 6.07) is 1.87. The lowest BCUT2D eigenvalue weighted by molar-refractivity contribution is 0.529. The van der Waals surface area contributed by atoms with E-state index in [1.807, 2.05) is 13.0 Å². The van der Waals surface area contributed by atoms with E-state index in [-0.39, 0.29) is 0 Å². The minimum absolute atomic E-state index is 0.467. The maximum atomic E-state index is 5.56. The highest BCUT2D eigenvalue weighted by atomic mass is 16.4. The van der Waals surface area contributed by atoms with Gasteiger partial charge < -0.3 is 10.2 Å². The molecule has 4 nitrogen and oxygen atoms in total. The molecule has 0 atom stereocenters. The Kier molecular flexibility index (Phi) is 1.98. The van der Waals surface area contributed by atoms with Crippen LogP contribution in [0.5, 0.6) is 0 Å². The Morgan fingerprint density at radius 3 is 3.08 bits per heavy atom. The number of fused-ring (bicyclic) bond motifs is 1. The molecule has 0 saturated carbocycles. The highest BCUT2D eigenvalue weighted by Crippen LogP contribution is 2.16. The Bertz CT molecular complexity index is 422. The van der Waals surface area contributed by atoms with Crippen LogP contribution in [0, 0.1) is 0 Å². The summed E-state index contributed by atoms with van der Waals surface area (Å²) in [5.41, 5.74) is 7.91. The Hall–Kier alpha value is -1.42. The van der Waals surface area contributed by atoms with E-state index in [2.05, 4.69) is 9.97 Å². The quantitative estimate of drug-likeness (QED) is 0.749. The third-order valence-corrected chi connectivity index (χ3v) is 1.95. The van der Waals surface area contributed by atoms with Gasteiger partial charge >= 0.3 is 0 Å². The zero-order chi connectivity index (χ0) is 9.26. The fourth-order valence-electron chi connectivity index (χ4n) is 1.24. The number of hydrogen-bond donors (Lipinski definition) is 1. The fourth-order valence-corrected chi connectivity index (χ4v) is 1.24. The molecular formula is C9H11N3O. The monoisotopic (exact) mass is 177 g/mol. The van der Waals surface area contributed by atoms with E-state index in [4.69, 9.17) is 10.2 Å². The molecule has 0 fully saturated rings. The molecule has 4 heteroatoms. The van der Waals surface area contributed by atoms with Gasteiger partial charge in [0.15, 0.2) is 5.89 Å². The average Bonchev–Trinajstić information content (AvgIpc) is 2.59. The maximum absolute atomic E-state index is 5.56. The molecule has 68 valence electrons. The number of aryl methyl sites for hydroxylation is 1. The summed E-state index contributed by atoms with van der Waals surface area (Å²) >= 11 is 0. The third kappa shape index (κ3) is 1.29. The second-order valence-electron chi connectivity index (χ2n) is 2.79. The van der Waals surface area contributed by atoms with Gasteiger partial charge in [-0.3, -0.25) is 0 Å². The van der Waals surface area contributed by atoms with Gasteiger partial charge in [0.2, 0.25) is 5.71 Å². The van der Waals surface area contributed by atoms with Crippen LogP contribution >= 0.6 is 0 Å². The molecule has 0 aromatic carbocycles.